The molecule has 0 unspecified atom stereocenters. The Morgan fingerprint density at radius 2 is 1.30 bits per heavy atom. The Morgan fingerprint density at radius 1 is 0.719 bits per heavy atom. The van der Waals surface area contributed by atoms with Crippen LogP contribution in [0.15, 0.2) is 62.9 Å². The fourth-order valence-corrected chi connectivity index (χ4v) is 7.07. The van der Waals surface area contributed by atoms with Gasteiger partial charge in [-0.25, -0.2) is 0 Å². The van der Waals surface area contributed by atoms with Crippen molar-refractivity contribution in [3.8, 4) is 39.7 Å². The summed E-state index contributed by atoms with van der Waals surface area (Å²) < 4.78 is 93.4. The SMILES string of the molecule is C[N+](C)(CCCS(=O)(=O)O)CCOCCOc1cc(OCCOCC[N+](C)(C)CCCS(=O)(=O)O)c(-c2c3ccc(=O)cc-3oc3cc(O)ccc23)cc1N=[N+]=[N-]. The number of ether oxygens (including phenoxy) is 4. The molecule has 0 bridgehead atoms. The summed E-state index contributed by atoms with van der Waals surface area (Å²) in [7, 11) is -0.343. The minimum Gasteiger partial charge on any atom is -0.508 e. The number of hydrogen-bond donors (Lipinski definition) is 3. The molecule has 1 heterocycles. The summed E-state index contributed by atoms with van der Waals surface area (Å²) in [6, 6.07) is 12.2. The number of azide groups is 1. The smallest absolute Gasteiger partial charge is 0.265 e. The molecule has 20 heteroatoms. The van der Waals surface area contributed by atoms with Gasteiger partial charge in [-0.15, -0.1) is 0 Å². The highest BCUT2D eigenvalue weighted by Gasteiger charge is 2.23. The average molecular weight is 838 g/mol. The Labute approximate surface area is 331 Å². The lowest BCUT2D eigenvalue weighted by molar-refractivity contribution is -0.890. The summed E-state index contributed by atoms with van der Waals surface area (Å²) in [6.45, 7) is 3.39. The number of aromatic hydroxyl groups is 1. The van der Waals surface area contributed by atoms with Gasteiger partial charge >= 0.3 is 0 Å². The maximum absolute atomic E-state index is 12.4. The van der Waals surface area contributed by atoms with Crippen molar-refractivity contribution >= 4 is 36.9 Å². The summed E-state index contributed by atoms with van der Waals surface area (Å²) in [5.41, 5.74) is 11.3. The normalized spacial score (nSPS) is 12.5. The molecule has 4 rings (SSSR count). The van der Waals surface area contributed by atoms with E-state index in [0.717, 1.165) is 0 Å². The first-order valence-electron chi connectivity index (χ1n) is 18.1. The van der Waals surface area contributed by atoms with Crippen molar-refractivity contribution in [1.82, 2.24) is 0 Å². The summed E-state index contributed by atoms with van der Waals surface area (Å²) in [5.74, 6) is 0.102. The van der Waals surface area contributed by atoms with Gasteiger partial charge in [0.15, 0.2) is 5.43 Å². The molecular formula is C37H51N5O13S2+2. The molecule has 2 aliphatic rings. The van der Waals surface area contributed by atoms with Crippen molar-refractivity contribution in [2.75, 3.05) is 106 Å². The number of phenolic OH excluding ortho intramolecular Hbond substituents is 1. The molecule has 0 fully saturated rings. The Kier molecular flexibility index (Phi) is 15.7. The molecule has 3 N–H and O–H groups in total. The minimum atomic E-state index is -4.03. The highest BCUT2D eigenvalue weighted by atomic mass is 32.2. The molecule has 1 aliphatic carbocycles. The van der Waals surface area contributed by atoms with Crippen LogP contribution in [0, 0.1) is 0 Å². The second-order valence-corrected chi connectivity index (χ2v) is 17.9. The molecule has 0 saturated heterocycles. The van der Waals surface area contributed by atoms with E-state index in [-0.39, 0.29) is 71.9 Å². The fourth-order valence-electron chi connectivity index (χ4n) is 6.08. The molecule has 2 aromatic rings. The van der Waals surface area contributed by atoms with Crippen molar-refractivity contribution in [2.24, 2.45) is 5.11 Å². The number of hydrogen-bond acceptors (Lipinski definition) is 12. The predicted molar refractivity (Wildman–Crippen MR) is 213 cm³/mol. The number of fused-ring (bicyclic) bond motifs is 2. The fraction of sp³-hybridized carbons (Fsp3) is 0.486. The Bertz CT molecular complexity index is 2290. The second kappa shape index (κ2) is 19.8. The van der Waals surface area contributed by atoms with Gasteiger partial charge in [0, 0.05) is 58.0 Å². The van der Waals surface area contributed by atoms with Crippen LogP contribution in [0.3, 0.4) is 0 Å². The van der Waals surface area contributed by atoms with Crippen LogP contribution in [0.25, 0.3) is 43.9 Å². The maximum atomic E-state index is 12.4. The van der Waals surface area contributed by atoms with E-state index in [1.807, 2.05) is 28.2 Å². The lowest BCUT2D eigenvalue weighted by Crippen LogP contribution is -2.43. The van der Waals surface area contributed by atoms with Crippen molar-refractivity contribution < 1.29 is 63.4 Å². The van der Waals surface area contributed by atoms with E-state index in [1.54, 1.807) is 24.3 Å². The van der Waals surface area contributed by atoms with Crippen LogP contribution < -0.4 is 14.9 Å². The van der Waals surface area contributed by atoms with E-state index in [2.05, 4.69) is 10.0 Å². The average Bonchev–Trinajstić information content (AvgIpc) is 3.09. The van der Waals surface area contributed by atoms with Gasteiger partial charge in [-0.3, -0.25) is 13.9 Å². The van der Waals surface area contributed by atoms with Crippen molar-refractivity contribution in [3.05, 3.63) is 69.2 Å². The molecule has 0 atom stereocenters. The van der Waals surface area contributed by atoms with Crippen LogP contribution in [0.1, 0.15) is 12.8 Å². The number of likely N-dealkylation sites (N-methyl/N-ethyl adjacent to an activating group) is 2. The van der Waals surface area contributed by atoms with Gasteiger partial charge in [-0.2, -0.15) is 16.8 Å². The molecule has 0 saturated carbocycles. The van der Waals surface area contributed by atoms with Gasteiger partial charge in [0.1, 0.15) is 54.9 Å². The first-order chi connectivity index (χ1) is 26.8. The van der Waals surface area contributed by atoms with Gasteiger partial charge in [0.2, 0.25) is 0 Å². The minimum absolute atomic E-state index is 0.0518. The van der Waals surface area contributed by atoms with Crippen molar-refractivity contribution in [1.29, 1.82) is 0 Å². The lowest BCUT2D eigenvalue weighted by atomic mass is 9.92. The van der Waals surface area contributed by atoms with E-state index in [0.29, 0.717) is 89.0 Å². The Hall–Kier alpha value is -4.50. The first kappa shape index (κ1) is 45.2. The quantitative estimate of drug-likeness (QED) is 0.0165. The highest BCUT2D eigenvalue weighted by molar-refractivity contribution is 7.86. The number of quaternary nitrogens is 2. The molecule has 0 amide bonds. The molecular weight excluding hydrogens is 787 g/mol. The Balaban J connectivity index is 1.55. The maximum Gasteiger partial charge on any atom is 0.265 e. The summed E-state index contributed by atoms with van der Waals surface area (Å²) in [6.07, 6.45) is 0.597. The third-order valence-electron chi connectivity index (χ3n) is 9.14. The number of rotatable bonds is 24. The zero-order valence-corrected chi connectivity index (χ0v) is 34.1. The van der Waals surface area contributed by atoms with Crippen LogP contribution in [-0.2, 0) is 29.7 Å². The largest absolute Gasteiger partial charge is 0.508 e. The molecule has 0 spiro atoms. The predicted octanol–water partition coefficient (Wildman–Crippen LogP) is 4.71. The van der Waals surface area contributed by atoms with E-state index >= 15 is 0 Å². The summed E-state index contributed by atoms with van der Waals surface area (Å²) >= 11 is 0. The van der Waals surface area contributed by atoms with Gasteiger partial charge in [0.05, 0.1) is 84.9 Å². The topological polar surface area (TPSA) is 245 Å². The molecule has 1 aliphatic heterocycles. The molecule has 2 aromatic carbocycles. The Morgan fingerprint density at radius 3 is 1.86 bits per heavy atom. The third kappa shape index (κ3) is 14.7. The van der Waals surface area contributed by atoms with E-state index in [4.69, 9.17) is 32.5 Å². The van der Waals surface area contributed by atoms with Gasteiger partial charge in [0.25, 0.3) is 20.2 Å². The number of benzene rings is 3. The van der Waals surface area contributed by atoms with Crippen LogP contribution in [0.2, 0.25) is 0 Å². The molecule has 18 nitrogen and oxygen atoms in total. The zero-order chi connectivity index (χ0) is 41.9. The highest BCUT2D eigenvalue weighted by Crippen LogP contribution is 2.47. The number of nitrogens with zero attached hydrogens (tertiary/aromatic N) is 5. The first-order valence-corrected chi connectivity index (χ1v) is 21.4. The van der Waals surface area contributed by atoms with Crippen LogP contribution in [0.4, 0.5) is 5.69 Å². The lowest BCUT2D eigenvalue weighted by Gasteiger charge is -2.29. The zero-order valence-electron chi connectivity index (χ0n) is 32.5. The number of phenols is 1. The van der Waals surface area contributed by atoms with Gasteiger partial charge in [-0.05, 0) is 35.9 Å². The van der Waals surface area contributed by atoms with E-state index in [1.165, 1.54) is 24.3 Å². The van der Waals surface area contributed by atoms with Crippen molar-refractivity contribution in [2.45, 2.75) is 12.8 Å². The van der Waals surface area contributed by atoms with E-state index in [9.17, 15) is 32.3 Å². The van der Waals surface area contributed by atoms with Crippen molar-refractivity contribution in [3.63, 3.8) is 0 Å². The van der Waals surface area contributed by atoms with Gasteiger partial charge < -0.3 is 37.4 Å². The monoisotopic (exact) mass is 837 g/mol. The van der Waals surface area contributed by atoms with Crippen LogP contribution >= 0.6 is 0 Å². The van der Waals surface area contributed by atoms with Gasteiger partial charge in [-0.1, -0.05) is 5.11 Å². The van der Waals surface area contributed by atoms with E-state index < -0.39 is 20.2 Å². The summed E-state index contributed by atoms with van der Waals surface area (Å²) in [4.78, 5) is 15.4. The molecule has 0 aromatic heterocycles. The molecule has 57 heavy (non-hydrogen) atoms. The standard InChI is InChI=1S/C37H49N5O13S2/c1-41(2,11-5-21-56(45,46)47)13-15-51-17-19-53-33-26-36(54-20-18-52-16-14-42(3,4)12-6-22-57(48,49)50)32(39-40-38)25-31(33)37-29-9-7-27(43)23-34(29)55-35-24-28(44)8-10-30(35)37/h7-10,23-26H,5-6,11-22H2,1-4H3,(H-2,43,44,45,46,47,48,49,50)/p+2. The molecule has 0 radical (unpaired) electrons. The third-order valence-corrected chi connectivity index (χ3v) is 10.8. The molecule has 312 valence electrons. The van der Waals surface area contributed by atoms with Crippen LogP contribution in [0.5, 0.6) is 17.2 Å². The van der Waals surface area contributed by atoms with Crippen LogP contribution in [-0.4, -0.2) is 146 Å². The second-order valence-electron chi connectivity index (χ2n) is 14.8. The summed E-state index contributed by atoms with van der Waals surface area (Å²) in [5, 5.41) is 14.7.